The van der Waals surface area contributed by atoms with Gasteiger partial charge in [0.2, 0.25) is 0 Å². The molecule has 190 valence electrons. The Balaban J connectivity index is 1.32. The van der Waals surface area contributed by atoms with E-state index in [0.29, 0.717) is 24.3 Å². The number of carboxylic acids is 1. The second kappa shape index (κ2) is 8.20. The Bertz CT molecular complexity index is 1460. The van der Waals surface area contributed by atoms with E-state index in [4.69, 9.17) is 9.47 Å². The SMILES string of the molecule is C=CC(C)(C)[C@H]1c2cc(COc3ccc4c(c3)[C@]3(CC4)C[C@@H]3C(=O)O)ccc2-c2c(F)ccc(OC)c21. The Hall–Kier alpha value is -3.60. The van der Waals surface area contributed by atoms with Gasteiger partial charge in [-0.1, -0.05) is 44.2 Å². The van der Waals surface area contributed by atoms with Gasteiger partial charge in [-0.05, 0) is 76.8 Å². The molecule has 0 aliphatic heterocycles. The molecule has 0 bridgehead atoms. The van der Waals surface area contributed by atoms with Crippen molar-refractivity contribution in [3.8, 4) is 22.6 Å². The Morgan fingerprint density at radius 1 is 1.22 bits per heavy atom. The average molecular weight is 499 g/mol. The molecular formula is C32H31FO4. The van der Waals surface area contributed by atoms with Crippen LogP contribution >= 0.6 is 0 Å². The summed E-state index contributed by atoms with van der Waals surface area (Å²) in [6, 6.07) is 15.3. The van der Waals surface area contributed by atoms with Crippen LogP contribution in [0, 0.1) is 17.2 Å². The highest BCUT2D eigenvalue weighted by Gasteiger charge is 2.61. The Labute approximate surface area is 216 Å². The highest BCUT2D eigenvalue weighted by atomic mass is 19.1. The van der Waals surface area contributed by atoms with Gasteiger partial charge >= 0.3 is 5.97 Å². The first-order chi connectivity index (χ1) is 17.7. The minimum atomic E-state index is -0.705. The normalized spacial score (nSPS) is 22.8. The number of carboxylic acid groups (broad SMARTS) is 1. The third-order valence-corrected chi connectivity index (χ3v) is 8.87. The summed E-state index contributed by atoms with van der Waals surface area (Å²) in [5, 5.41) is 9.55. The number of halogens is 1. The molecule has 4 nitrogen and oxygen atoms in total. The number of benzene rings is 3. The molecule has 0 aromatic heterocycles. The van der Waals surface area contributed by atoms with Gasteiger partial charge in [-0.3, -0.25) is 4.79 Å². The molecule has 1 saturated carbocycles. The van der Waals surface area contributed by atoms with Gasteiger partial charge in [-0.25, -0.2) is 4.39 Å². The van der Waals surface area contributed by atoms with Crippen LogP contribution in [0.5, 0.6) is 11.5 Å². The highest BCUT2D eigenvalue weighted by molar-refractivity contribution is 5.82. The molecule has 37 heavy (non-hydrogen) atoms. The topological polar surface area (TPSA) is 55.8 Å². The standard InChI is InChI=1S/C32H31FO4/c1-5-31(2,3)29-22-14-18(6-9-21(22)27-25(33)10-11-26(36-4)28(27)29)17-37-20-8-7-19-12-13-32(23(19)15-20)16-24(32)30(34)35/h5-11,14-15,24,29H,1,12-13,16-17H2,2-4H3,(H,34,35)/t24-,29+,32+/m1/s1. The minimum absolute atomic E-state index is 0.108. The van der Waals surface area contributed by atoms with Crippen molar-refractivity contribution >= 4 is 5.97 Å². The molecule has 3 atom stereocenters. The zero-order chi connectivity index (χ0) is 26.1. The molecule has 3 aromatic rings. The summed E-state index contributed by atoms with van der Waals surface area (Å²) >= 11 is 0. The zero-order valence-electron chi connectivity index (χ0n) is 21.4. The maximum Gasteiger partial charge on any atom is 0.307 e. The summed E-state index contributed by atoms with van der Waals surface area (Å²) in [5.74, 6) is 0.0689. The Morgan fingerprint density at radius 3 is 2.73 bits per heavy atom. The first-order valence-corrected chi connectivity index (χ1v) is 12.8. The van der Waals surface area contributed by atoms with Gasteiger partial charge in [-0.15, -0.1) is 6.58 Å². The molecular weight excluding hydrogens is 467 g/mol. The highest BCUT2D eigenvalue weighted by Crippen LogP contribution is 2.62. The summed E-state index contributed by atoms with van der Waals surface area (Å²) < 4.78 is 27.0. The quantitative estimate of drug-likeness (QED) is 0.356. The number of aliphatic carboxylic acids is 1. The molecule has 1 N–H and O–H groups in total. The molecule has 3 aliphatic rings. The van der Waals surface area contributed by atoms with Crippen LogP contribution in [-0.4, -0.2) is 18.2 Å². The average Bonchev–Trinajstić information content (AvgIpc) is 3.37. The van der Waals surface area contributed by atoms with E-state index in [-0.39, 0.29) is 28.5 Å². The largest absolute Gasteiger partial charge is 0.496 e. The number of fused-ring (bicyclic) bond motifs is 5. The lowest BCUT2D eigenvalue weighted by atomic mass is 9.73. The molecule has 0 radical (unpaired) electrons. The van der Waals surface area contributed by atoms with Crippen molar-refractivity contribution in [2.24, 2.45) is 11.3 Å². The fourth-order valence-corrected chi connectivity index (χ4v) is 6.72. The van der Waals surface area contributed by atoms with Crippen LogP contribution in [0.3, 0.4) is 0 Å². The van der Waals surface area contributed by atoms with E-state index in [9.17, 15) is 9.90 Å². The van der Waals surface area contributed by atoms with Gasteiger partial charge < -0.3 is 14.6 Å². The second-order valence-electron chi connectivity index (χ2n) is 11.3. The monoisotopic (exact) mass is 498 g/mol. The molecule has 0 saturated heterocycles. The smallest absolute Gasteiger partial charge is 0.307 e. The summed E-state index contributed by atoms with van der Waals surface area (Å²) in [4.78, 5) is 11.6. The van der Waals surface area contributed by atoms with Crippen LogP contribution in [0.4, 0.5) is 4.39 Å². The lowest BCUT2D eigenvalue weighted by molar-refractivity contribution is -0.139. The van der Waals surface area contributed by atoms with Crippen molar-refractivity contribution < 1.29 is 23.8 Å². The van der Waals surface area contributed by atoms with E-state index < -0.39 is 5.97 Å². The maximum atomic E-state index is 15.1. The number of carbonyl (C=O) groups is 1. The molecule has 0 amide bonds. The third-order valence-electron chi connectivity index (χ3n) is 8.87. The van der Waals surface area contributed by atoms with Crippen molar-refractivity contribution in [3.63, 3.8) is 0 Å². The zero-order valence-corrected chi connectivity index (χ0v) is 21.4. The molecule has 1 spiro atoms. The molecule has 0 unspecified atom stereocenters. The van der Waals surface area contributed by atoms with Gasteiger partial charge in [-0.2, -0.15) is 0 Å². The van der Waals surface area contributed by atoms with Crippen molar-refractivity contribution in [1.82, 2.24) is 0 Å². The lowest BCUT2D eigenvalue weighted by Crippen LogP contribution is -2.19. The van der Waals surface area contributed by atoms with Gasteiger partial charge in [0.05, 0.1) is 13.0 Å². The Kier molecular flexibility index (Phi) is 5.27. The van der Waals surface area contributed by atoms with E-state index in [1.54, 1.807) is 13.2 Å². The maximum absolute atomic E-state index is 15.1. The number of hydrogen-bond donors (Lipinski definition) is 1. The fraction of sp³-hybridized carbons (Fsp3) is 0.344. The van der Waals surface area contributed by atoms with Crippen LogP contribution in [0.2, 0.25) is 0 Å². The number of allylic oxidation sites excluding steroid dienone is 1. The first kappa shape index (κ1) is 23.8. The Morgan fingerprint density at radius 2 is 2.03 bits per heavy atom. The van der Waals surface area contributed by atoms with Gasteiger partial charge in [0.1, 0.15) is 23.9 Å². The lowest BCUT2D eigenvalue weighted by Gasteiger charge is -2.31. The van der Waals surface area contributed by atoms with E-state index in [1.807, 2.05) is 30.3 Å². The molecule has 6 rings (SSSR count). The molecule has 5 heteroatoms. The number of hydrogen-bond acceptors (Lipinski definition) is 3. The van der Waals surface area contributed by atoms with Crippen LogP contribution in [0.25, 0.3) is 11.1 Å². The molecule has 1 fully saturated rings. The van der Waals surface area contributed by atoms with Crippen molar-refractivity contribution in [1.29, 1.82) is 0 Å². The van der Waals surface area contributed by atoms with E-state index >= 15 is 4.39 Å². The van der Waals surface area contributed by atoms with Gasteiger partial charge in [0, 0.05) is 22.5 Å². The van der Waals surface area contributed by atoms with Crippen LogP contribution < -0.4 is 9.47 Å². The van der Waals surface area contributed by atoms with Crippen LogP contribution in [-0.2, 0) is 23.2 Å². The predicted molar refractivity (Wildman–Crippen MR) is 141 cm³/mol. The summed E-state index contributed by atoms with van der Waals surface area (Å²) in [6.07, 6.45) is 4.46. The van der Waals surface area contributed by atoms with E-state index in [2.05, 4.69) is 32.6 Å². The number of aryl methyl sites for hydroxylation is 1. The summed E-state index contributed by atoms with van der Waals surface area (Å²) in [5.41, 5.74) is 6.19. The van der Waals surface area contributed by atoms with Crippen molar-refractivity contribution in [3.05, 3.63) is 94.8 Å². The number of methoxy groups -OCH3 is 1. The summed E-state index contributed by atoms with van der Waals surface area (Å²) in [7, 11) is 1.62. The number of rotatable bonds is 7. The minimum Gasteiger partial charge on any atom is -0.496 e. The number of ether oxygens (including phenoxy) is 2. The van der Waals surface area contributed by atoms with Gasteiger partial charge in [0.15, 0.2) is 0 Å². The fourth-order valence-electron chi connectivity index (χ4n) is 6.72. The second-order valence-corrected chi connectivity index (χ2v) is 11.3. The molecule has 3 aliphatic carbocycles. The van der Waals surface area contributed by atoms with Crippen LogP contribution in [0.1, 0.15) is 60.4 Å². The van der Waals surface area contributed by atoms with Gasteiger partial charge in [0.25, 0.3) is 0 Å². The van der Waals surface area contributed by atoms with E-state index in [0.717, 1.165) is 46.4 Å². The molecule has 0 heterocycles. The molecule has 3 aromatic carbocycles. The van der Waals surface area contributed by atoms with Crippen molar-refractivity contribution in [2.45, 2.75) is 51.0 Å². The van der Waals surface area contributed by atoms with Crippen LogP contribution in [0.15, 0.2) is 61.2 Å². The first-order valence-electron chi connectivity index (χ1n) is 12.8. The van der Waals surface area contributed by atoms with E-state index in [1.165, 1.54) is 11.6 Å². The summed E-state index contributed by atoms with van der Waals surface area (Å²) in [6.45, 7) is 8.65. The third kappa shape index (κ3) is 3.51. The van der Waals surface area contributed by atoms with Crippen molar-refractivity contribution in [2.75, 3.05) is 7.11 Å². The predicted octanol–water partition coefficient (Wildman–Crippen LogP) is 7.03.